The molecule has 2 aliphatic carbocycles. The molecule has 76 valence electrons. The molecule has 15 heavy (non-hydrogen) atoms. The third kappa shape index (κ3) is 0.609. The maximum atomic E-state index is 11.6. The molecule has 1 saturated heterocycles. The fraction of sp³-hybridized carbons (Fsp3) is 0.462. The van der Waals surface area contributed by atoms with Crippen LogP contribution in [0, 0.1) is 0 Å². The monoisotopic (exact) mass is 199 g/mol. The van der Waals surface area contributed by atoms with Crippen molar-refractivity contribution in [1.82, 2.24) is 5.32 Å². The first-order valence-corrected chi connectivity index (χ1v) is 5.57. The van der Waals surface area contributed by atoms with Crippen molar-refractivity contribution in [2.75, 3.05) is 13.1 Å². The summed E-state index contributed by atoms with van der Waals surface area (Å²) in [6, 6.07) is 6.22. The first-order valence-electron chi connectivity index (χ1n) is 5.57. The van der Waals surface area contributed by atoms with Crippen molar-refractivity contribution < 1.29 is 4.79 Å². The zero-order valence-electron chi connectivity index (χ0n) is 8.76. The Morgan fingerprint density at radius 1 is 1.33 bits per heavy atom. The van der Waals surface area contributed by atoms with Gasteiger partial charge < -0.3 is 5.32 Å². The number of fused-ring (bicyclic) bond motifs is 1. The quantitative estimate of drug-likeness (QED) is 0.692. The van der Waals surface area contributed by atoms with Crippen molar-refractivity contribution >= 4 is 5.78 Å². The van der Waals surface area contributed by atoms with E-state index in [4.69, 9.17) is 0 Å². The Labute approximate surface area is 88.7 Å². The van der Waals surface area contributed by atoms with Crippen LogP contribution in [-0.2, 0) is 10.8 Å². The van der Waals surface area contributed by atoms with Crippen LogP contribution in [0.1, 0.15) is 34.8 Å². The van der Waals surface area contributed by atoms with Gasteiger partial charge in [-0.15, -0.1) is 0 Å². The standard InChI is InChI=1S/C13H13NO/c1-8(15)9-3-2-4-10-11(9)13-5-12(10,13)6-14-7-13/h2-4,14H,5-7H2,1H3. The number of carbonyl (C=O) groups excluding carboxylic acids is 1. The van der Waals surface area contributed by atoms with Crippen molar-refractivity contribution in [3.63, 3.8) is 0 Å². The number of Topliss-reactive ketones (excluding diaryl/α,β-unsaturated/α-hetero) is 1. The topological polar surface area (TPSA) is 29.1 Å². The average Bonchev–Trinajstić information content (AvgIpc) is 2.68. The van der Waals surface area contributed by atoms with Gasteiger partial charge in [0, 0.05) is 29.5 Å². The summed E-state index contributed by atoms with van der Waals surface area (Å²) in [7, 11) is 0. The molecular formula is C13H13NO. The van der Waals surface area contributed by atoms with Crippen LogP contribution < -0.4 is 5.32 Å². The summed E-state index contributed by atoms with van der Waals surface area (Å²) < 4.78 is 0. The lowest BCUT2D eigenvalue weighted by molar-refractivity contribution is 0.101. The Balaban J connectivity index is 2.01. The van der Waals surface area contributed by atoms with E-state index in [-0.39, 0.29) is 5.78 Å². The van der Waals surface area contributed by atoms with Crippen molar-refractivity contribution in [3.8, 4) is 0 Å². The van der Waals surface area contributed by atoms with Gasteiger partial charge in [0.05, 0.1) is 0 Å². The van der Waals surface area contributed by atoms with E-state index in [1.165, 1.54) is 17.5 Å². The van der Waals surface area contributed by atoms with Gasteiger partial charge >= 0.3 is 0 Å². The highest BCUT2D eigenvalue weighted by molar-refractivity contribution is 5.98. The van der Waals surface area contributed by atoms with Crippen LogP contribution in [0.4, 0.5) is 0 Å². The Morgan fingerprint density at radius 3 is 2.93 bits per heavy atom. The lowest BCUT2D eigenvalue weighted by Crippen LogP contribution is -2.35. The smallest absolute Gasteiger partial charge is 0.160 e. The van der Waals surface area contributed by atoms with E-state index in [1.54, 1.807) is 6.92 Å². The lowest BCUT2D eigenvalue weighted by atomic mass is 9.67. The van der Waals surface area contributed by atoms with E-state index in [2.05, 4.69) is 11.4 Å². The molecule has 0 aromatic heterocycles. The van der Waals surface area contributed by atoms with Gasteiger partial charge in [-0.1, -0.05) is 18.2 Å². The third-order valence-electron chi connectivity index (χ3n) is 4.69. The zero-order valence-corrected chi connectivity index (χ0v) is 8.76. The summed E-state index contributed by atoms with van der Waals surface area (Å²) in [5.41, 5.74) is 4.55. The molecule has 1 N–H and O–H groups in total. The van der Waals surface area contributed by atoms with Gasteiger partial charge in [-0.25, -0.2) is 0 Å². The fourth-order valence-electron chi connectivity index (χ4n) is 3.99. The fourth-order valence-corrected chi connectivity index (χ4v) is 3.99. The van der Waals surface area contributed by atoms with E-state index in [1.807, 2.05) is 12.1 Å². The molecule has 0 radical (unpaired) electrons. The predicted octanol–water partition coefficient (Wildman–Crippen LogP) is 1.39. The van der Waals surface area contributed by atoms with Crippen LogP contribution in [-0.4, -0.2) is 18.9 Å². The van der Waals surface area contributed by atoms with Crippen molar-refractivity contribution in [3.05, 3.63) is 34.9 Å². The van der Waals surface area contributed by atoms with E-state index in [0.717, 1.165) is 18.7 Å². The molecule has 2 heteroatoms. The minimum atomic E-state index is 0.216. The van der Waals surface area contributed by atoms with Gasteiger partial charge in [0.25, 0.3) is 0 Å². The molecule has 0 amide bonds. The average molecular weight is 199 g/mol. The van der Waals surface area contributed by atoms with Crippen molar-refractivity contribution in [1.29, 1.82) is 0 Å². The van der Waals surface area contributed by atoms with Crippen LogP contribution >= 0.6 is 0 Å². The molecule has 0 spiro atoms. The number of hydrogen-bond donors (Lipinski definition) is 1. The molecule has 4 rings (SSSR count). The lowest BCUT2D eigenvalue weighted by Gasteiger charge is -2.34. The van der Waals surface area contributed by atoms with E-state index in [0.29, 0.717) is 10.8 Å². The van der Waals surface area contributed by atoms with Gasteiger partial charge in [-0.3, -0.25) is 4.79 Å². The Morgan fingerprint density at radius 2 is 2.13 bits per heavy atom. The molecule has 1 aromatic carbocycles. The molecule has 1 saturated carbocycles. The summed E-state index contributed by atoms with van der Waals surface area (Å²) >= 11 is 0. The minimum Gasteiger partial charge on any atom is -0.315 e. The summed E-state index contributed by atoms with van der Waals surface area (Å²) in [4.78, 5) is 11.6. The molecule has 2 unspecified atom stereocenters. The van der Waals surface area contributed by atoms with Crippen LogP contribution in [0.2, 0.25) is 0 Å². The second-order valence-electron chi connectivity index (χ2n) is 5.23. The maximum Gasteiger partial charge on any atom is 0.160 e. The van der Waals surface area contributed by atoms with Gasteiger partial charge in [-0.05, 0) is 24.5 Å². The van der Waals surface area contributed by atoms with Gasteiger partial charge in [0.2, 0.25) is 0 Å². The number of nitrogens with one attached hydrogen (secondary N) is 1. The highest BCUT2D eigenvalue weighted by Crippen LogP contribution is 2.77. The molecule has 0 bridgehead atoms. The van der Waals surface area contributed by atoms with E-state index >= 15 is 0 Å². The van der Waals surface area contributed by atoms with Crippen LogP contribution in [0.15, 0.2) is 18.2 Å². The molecule has 1 heterocycles. The molecule has 2 atom stereocenters. The van der Waals surface area contributed by atoms with Crippen molar-refractivity contribution in [2.45, 2.75) is 24.2 Å². The Bertz CT molecular complexity index is 507. The summed E-state index contributed by atoms with van der Waals surface area (Å²) in [5, 5.41) is 3.47. The number of piperidine rings is 1. The minimum absolute atomic E-state index is 0.216. The molecule has 1 aromatic rings. The number of rotatable bonds is 1. The Kier molecular flexibility index (Phi) is 1.09. The SMILES string of the molecule is CC(=O)c1cccc2c1C13CNCC21C3. The highest BCUT2D eigenvalue weighted by Gasteiger charge is 2.79. The number of benzene rings is 1. The largest absolute Gasteiger partial charge is 0.315 e. The number of carbonyl (C=O) groups is 1. The van der Waals surface area contributed by atoms with Gasteiger partial charge in [0.1, 0.15) is 0 Å². The summed E-state index contributed by atoms with van der Waals surface area (Å²) in [6.45, 7) is 3.86. The second kappa shape index (κ2) is 2.03. The van der Waals surface area contributed by atoms with E-state index in [9.17, 15) is 4.79 Å². The maximum absolute atomic E-state index is 11.6. The number of ketones is 1. The van der Waals surface area contributed by atoms with Gasteiger partial charge in [-0.2, -0.15) is 0 Å². The summed E-state index contributed by atoms with van der Waals surface area (Å²) in [6.07, 6.45) is 1.27. The van der Waals surface area contributed by atoms with Crippen LogP contribution in [0.25, 0.3) is 0 Å². The van der Waals surface area contributed by atoms with Gasteiger partial charge in [0.15, 0.2) is 5.78 Å². The normalized spacial score (nSPS) is 38.7. The van der Waals surface area contributed by atoms with Crippen LogP contribution in [0.5, 0.6) is 0 Å². The number of hydrogen-bond acceptors (Lipinski definition) is 2. The molecule has 2 nitrogen and oxygen atoms in total. The molecule has 3 aliphatic rings. The van der Waals surface area contributed by atoms with Crippen LogP contribution in [0.3, 0.4) is 0 Å². The third-order valence-corrected chi connectivity index (χ3v) is 4.69. The molecule has 1 aliphatic heterocycles. The zero-order chi connectivity index (χ0) is 10.3. The first kappa shape index (κ1) is 8.05. The molecule has 2 fully saturated rings. The van der Waals surface area contributed by atoms with E-state index < -0.39 is 0 Å². The molecular weight excluding hydrogens is 186 g/mol. The summed E-state index contributed by atoms with van der Waals surface area (Å²) in [5.74, 6) is 0.216. The van der Waals surface area contributed by atoms with Crippen molar-refractivity contribution in [2.24, 2.45) is 0 Å². The second-order valence-corrected chi connectivity index (χ2v) is 5.23. The Hall–Kier alpha value is -1.15. The highest BCUT2D eigenvalue weighted by atomic mass is 16.1. The predicted molar refractivity (Wildman–Crippen MR) is 57.3 cm³/mol. The first-order chi connectivity index (χ1) is 7.21.